The highest BCUT2D eigenvalue weighted by molar-refractivity contribution is 7.89. The van der Waals surface area contributed by atoms with Gasteiger partial charge in [-0.3, -0.25) is 4.79 Å². The number of nitrogens with zero attached hydrogens (tertiary/aromatic N) is 2. The Morgan fingerprint density at radius 1 is 1.17 bits per heavy atom. The van der Waals surface area contributed by atoms with Gasteiger partial charge in [0.25, 0.3) is 5.91 Å². The van der Waals surface area contributed by atoms with E-state index in [9.17, 15) is 13.2 Å². The van der Waals surface area contributed by atoms with Crippen LogP contribution in [0, 0.1) is 0 Å². The van der Waals surface area contributed by atoms with Gasteiger partial charge in [-0.25, -0.2) is 13.4 Å². The number of carbonyl (C=O) groups excluding carboxylic acids is 1. The summed E-state index contributed by atoms with van der Waals surface area (Å²) in [6, 6.07) is 9.26. The van der Waals surface area contributed by atoms with Crippen molar-refractivity contribution in [3.8, 4) is 0 Å². The van der Waals surface area contributed by atoms with E-state index in [1.54, 1.807) is 24.4 Å². The van der Waals surface area contributed by atoms with Crippen molar-refractivity contribution in [3.05, 3.63) is 53.2 Å². The molecule has 126 valence electrons. The van der Waals surface area contributed by atoms with Gasteiger partial charge < -0.3 is 5.32 Å². The molecule has 0 unspecified atom stereocenters. The van der Waals surface area contributed by atoms with Gasteiger partial charge in [0.2, 0.25) is 10.0 Å². The molecule has 0 saturated carbocycles. The topological polar surface area (TPSA) is 79.4 Å². The summed E-state index contributed by atoms with van der Waals surface area (Å²) in [5, 5.41) is 2.79. The standard InChI is InChI=1S/C16H16ClN3O3S/c17-14-7-6-12(24(22,23)20-9-3-4-10-20)11-13(14)16(21)19-15-5-1-2-8-18-15/h1-2,5-8,11H,3-4,9-10H2,(H,18,19,21). The minimum absolute atomic E-state index is 0.0694. The summed E-state index contributed by atoms with van der Waals surface area (Å²) in [5.41, 5.74) is 0.0996. The van der Waals surface area contributed by atoms with Crippen LogP contribution in [-0.4, -0.2) is 36.7 Å². The van der Waals surface area contributed by atoms with Crippen LogP contribution >= 0.6 is 11.6 Å². The molecule has 2 aromatic rings. The number of nitrogens with one attached hydrogen (secondary N) is 1. The van der Waals surface area contributed by atoms with E-state index in [1.807, 2.05) is 0 Å². The fourth-order valence-electron chi connectivity index (χ4n) is 2.54. The Balaban J connectivity index is 1.90. The number of benzene rings is 1. The number of amides is 1. The first-order valence-electron chi connectivity index (χ1n) is 7.50. The third kappa shape index (κ3) is 3.43. The molecule has 0 spiro atoms. The molecule has 2 heterocycles. The normalized spacial score (nSPS) is 15.4. The second-order valence-electron chi connectivity index (χ2n) is 5.42. The van der Waals surface area contributed by atoms with Crippen LogP contribution in [0.15, 0.2) is 47.5 Å². The van der Waals surface area contributed by atoms with Crippen LogP contribution in [0.5, 0.6) is 0 Å². The molecule has 8 heteroatoms. The van der Waals surface area contributed by atoms with Gasteiger partial charge in [-0.1, -0.05) is 17.7 Å². The highest BCUT2D eigenvalue weighted by atomic mass is 35.5. The Labute approximate surface area is 145 Å². The third-order valence-corrected chi connectivity index (χ3v) is 6.02. The van der Waals surface area contributed by atoms with Crippen LogP contribution in [-0.2, 0) is 10.0 Å². The summed E-state index contributed by atoms with van der Waals surface area (Å²) in [6.07, 6.45) is 3.24. The van der Waals surface area contributed by atoms with Crippen molar-refractivity contribution in [2.75, 3.05) is 18.4 Å². The first-order chi connectivity index (χ1) is 11.5. The zero-order valence-electron chi connectivity index (χ0n) is 12.8. The lowest BCUT2D eigenvalue weighted by molar-refractivity contribution is 0.102. The predicted octanol–water partition coefficient (Wildman–Crippen LogP) is 2.77. The Morgan fingerprint density at radius 3 is 2.58 bits per heavy atom. The molecule has 0 bridgehead atoms. The SMILES string of the molecule is O=C(Nc1ccccn1)c1cc(S(=O)(=O)N2CCCC2)ccc1Cl. The molecule has 3 rings (SSSR count). The number of anilines is 1. The minimum atomic E-state index is -3.61. The molecule has 1 fully saturated rings. The Kier molecular flexibility index (Phi) is 4.84. The average Bonchev–Trinajstić information content (AvgIpc) is 3.11. The van der Waals surface area contributed by atoms with Crippen molar-refractivity contribution in [1.29, 1.82) is 0 Å². The van der Waals surface area contributed by atoms with Crippen LogP contribution < -0.4 is 5.32 Å². The van der Waals surface area contributed by atoms with Crippen LogP contribution in [0.1, 0.15) is 23.2 Å². The molecule has 1 aromatic heterocycles. The van der Waals surface area contributed by atoms with E-state index >= 15 is 0 Å². The van der Waals surface area contributed by atoms with Crippen LogP contribution in [0.2, 0.25) is 5.02 Å². The van der Waals surface area contributed by atoms with Crippen molar-refractivity contribution >= 4 is 33.3 Å². The van der Waals surface area contributed by atoms with E-state index in [1.165, 1.54) is 22.5 Å². The maximum atomic E-state index is 12.6. The fourth-order valence-corrected chi connectivity index (χ4v) is 4.28. The molecular formula is C16H16ClN3O3S. The number of rotatable bonds is 4. The Bertz CT molecular complexity index is 850. The summed E-state index contributed by atoms with van der Waals surface area (Å²) in [4.78, 5) is 16.5. The summed E-state index contributed by atoms with van der Waals surface area (Å²) < 4.78 is 26.7. The van der Waals surface area contributed by atoms with Gasteiger partial charge in [0.15, 0.2) is 0 Å². The Hall–Kier alpha value is -1.96. The zero-order chi connectivity index (χ0) is 17.2. The number of carbonyl (C=O) groups is 1. The maximum absolute atomic E-state index is 12.6. The van der Waals surface area contributed by atoms with E-state index in [-0.39, 0.29) is 15.5 Å². The number of aromatic nitrogens is 1. The van der Waals surface area contributed by atoms with Gasteiger partial charge >= 0.3 is 0 Å². The molecule has 1 aliphatic heterocycles. The van der Waals surface area contributed by atoms with Gasteiger partial charge in [-0.15, -0.1) is 0 Å². The Morgan fingerprint density at radius 2 is 1.92 bits per heavy atom. The van der Waals surface area contributed by atoms with Crippen molar-refractivity contribution in [2.45, 2.75) is 17.7 Å². The van der Waals surface area contributed by atoms with Gasteiger partial charge in [-0.2, -0.15) is 4.31 Å². The number of hydrogen-bond donors (Lipinski definition) is 1. The number of hydrogen-bond acceptors (Lipinski definition) is 4. The first-order valence-corrected chi connectivity index (χ1v) is 9.32. The molecular weight excluding hydrogens is 350 g/mol. The summed E-state index contributed by atoms with van der Waals surface area (Å²) in [6.45, 7) is 1.00. The monoisotopic (exact) mass is 365 g/mol. The summed E-state index contributed by atoms with van der Waals surface area (Å²) >= 11 is 6.08. The van der Waals surface area contributed by atoms with Crippen molar-refractivity contribution in [3.63, 3.8) is 0 Å². The lowest BCUT2D eigenvalue weighted by Gasteiger charge is -2.16. The molecule has 0 radical (unpaired) electrons. The van der Waals surface area contributed by atoms with Gasteiger partial charge in [-0.05, 0) is 43.2 Å². The average molecular weight is 366 g/mol. The lowest BCUT2D eigenvalue weighted by atomic mass is 10.2. The van der Waals surface area contributed by atoms with Crippen molar-refractivity contribution in [1.82, 2.24) is 9.29 Å². The smallest absolute Gasteiger partial charge is 0.258 e. The minimum Gasteiger partial charge on any atom is -0.307 e. The first kappa shape index (κ1) is 16.9. The number of pyridine rings is 1. The molecule has 1 N–H and O–H groups in total. The summed E-state index contributed by atoms with van der Waals surface area (Å²) in [7, 11) is -3.61. The lowest BCUT2D eigenvalue weighted by Crippen LogP contribution is -2.28. The van der Waals surface area contributed by atoms with Crippen LogP contribution in [0.3, 0.4) is 0 Å². The van der Waals surface area contributed by atoms with E-state index in [2.05, 4.69) is 10.3 Å². The fraction of sp³-hybridized carbons (Fsp3) is 0.250. The predicted molar refractivity (Wildman–Crippen MR) is 91.6 cm³/mol. The van der Waals surface area contributed by atoms with E-state index in [0.717, 1.165) is 12.8 Å². The van der Waals surface area contributed by atoms with E-state index < -0.39 is 15.9 Å². The van der Waals surface area contributed by atoms with Crippen molar-refractivity contribution < 1.29 is 13.2 Å². The largest absolute Gasteiger partial charge is 0.307 e. The molecule has 0 atom stereocenters. The van der Waals surface area contributed by atoms with Crippen LogP contribution in [0.25, 0.3) is 0 Å². The van der Waals surface area contributed by atoms with Gasteiger partial charge in [0, 0.05) is 19.3 Å². The second-order valence-corrected chi connectivity index (χ2v) is 7.77. The number of sulfonamides is 1. The molecule has 1 aromatic carbocycles. The number of halogens is 1. The van der Waals surface area contributed by atoms with Gasteiger partial charge in [0.05, 0.1) is 15.5 Å². The van der Waals surface area contributed by atoms with Gasteiger partial charge in [0.1, 0.15) is 5.82 Å². The third-order valence-electron chi connectivity index (χ3n) is 3.79. The molecule has 1 aliphatic rings. The van der Waals surface area contributed by atoms with Crippen LogP contribution in [0.4, 0.5) is 5.82 Å². The zero-order valence-corrected chi connectivity index (χ0v) is 14.3. The molecule has 6 nitrogen and oxygen atoms in total. The maximum Gasteiger partial charge on any atom is 0.258 e. The summed E-state index contributed by atoms with van der Waals surface area (Å²) in [5.74, 6) is -0.136. The second kappa shape index (κ2) is 6.88. The molecule has 0 aliphatic carbocycles. The molecule has 24 heavy (non-hydrogen) atoms. The quantitative estimate of drug-likeness (QED) is 0.903. The molecule has 1 amide bonds. The van der Waals surface area contributed by atoms with E-state index in [4.69, 9.17) is 11.6 Å². The molecule has 1 saturated heterocycles. The highest BCUT2D eigenvalue weighted by Crippen LogP contribution is 2.25. The highest BCUT2D eigenvalue weighted by Gasteiger charge is 2.28. The van der Waals surface area contributed by atoms with Crippen molar-refractivity contribution in [2.24, 2.45) is 0 Å². The van der Waals surface area contributed by atoms with E-state index in [0.29, 0.717) is 18.9 Å².